The fourth-order valence-electron chi connectivity index (χ4n) is 1.89. The third-order valence-electron chi connectivity index (χ3n) is 3.23. The fourth-order valence-corrected chi connectivity index (χ4v) is 2.91. The molecule has 1 aromatic rings. The molecule has 5 nitrogen and oxygen atoms in total. The van der Waals surface area contributed by atoms with Crippen molar-refractivity contribution < 1.29 is 13.2 Å². The Morgan fingerprint density at radius 2 is 1.81 bits per heavy atom. The highest BCUT2D eigenvalue weighted by molar-refractivity contribution is 7.89. The van der Waals surface area contributed by atoms with Gasteiger partial charge in [0.2, 0.25) is 15.9 Å². The number of carbonyl (C=O) groups excluding carboxylic acids is 1. The number of unbranched alkanes of at least 4 members (excludes halogenated alkanes) is 1. The standard InChI is InChI=1S/C15H24N2O3S/c1-4-5-11-17(14(3)18)12-10-16-21(19,20)15-8-6-13(2)7-9-15/h6-9,16H,4-5,10-12H2,1-3H3. The van der Waals surface area contributed by atoms with Crippen LogP contribution in [0.1, 0.15) is 32.3 Å². The Bertz CT molecular complexity index is 553. The second-order valence-corrected chi connectivity index (χ2v) is 6.84. The summed E-state index contributed by atoms with van der Waals surface area (Å²) in [6, 6.07) is 6.68. The van der Waals surface area contributed by atoms with Crippen molar-refractivity contribution in [3.63, 3.8) is 0 Å². The third-order valence-corrected chi connectivity index (χ3v) is 4.71. The van der Waals surface area contributed by atoms with Crippen molar-refractivity contribution in [2.24, 2.45) is 0 Å². The lowest BCUT2D eigenvalue weighted by atomic mass is 10.2. The molecule has 0 unspecified atom stereocenters. The minimum atomic E-state index is -3.51. The van der Waals surface area contributed by atoms with Gasteiger partial charge in [0.05, 0.1) is 4.90 Å². The van der Waals surface area contributed by atoms with Gasteiger partial charge >= 0.3 is 0 Å². The molecular weight excluding hydrogens is 288 g/mol. The second-order valence-electron chi connectivity index (χ2n) is 5.07. The first-order chi connectivity index (χ1) is 9.86. The SMILES string of the molecule is CCCCN(CCNS(=O)(=O)c1ccc(C)cc1)C(C)=O. The molecule has 21 heavy (non-hydrogen) atoms. The Balaban J connectivity index is 2.56. The highest BCUT2D eigenvalue weighted by Crippen LogP contribution is 2.09. The van der Waals surface area contributed by atoms with Gasteiger partial charge in [0, 0.05) is 26.6 Å². The molecule has 1 N–H and O–H groups in total. The van der Waals surface area contributed by atoms with Crippen molar-refractivity contribution in [2.45, 2.75) is 38.5 Å². The maximum atomic E-state index is 12.1. The highest BCUT2D eigenvalue weighted by atomic mass is 32.2. The number of benzene rings is 1. The number of carbonyl (C=O) groups is 1. The zero-order valence-electron chi connectivity index (χ0n) is 12.9. The molecule has 0 spiro atoms. The zero-order chi connectivity index (χ0) is 15.9. The molecule has 1 rings (SSSR count). The molecule has 0 heterocycles. The topological polar surface area (TPSA) is 66.5 Å². The van der Waals surface area contributed by atoms with Gasteiger partial charge in [-0.25, -0.2) is 13.1 Å². The Morgan fingerprint density at radius 3 is 2.33 bits per heavy atom. The molecule has 0 atom stereocenters. The van der Waals surface area contributed by atoms with Gasteiger partial charge in [-0.2, -0.15) is 0 Å². The summed E-state index contributed by atoms with van der Waals surface area (Å²) in [4.78, 5) is 13.4. The summed E-state index contributed by atoms with van der Waals surface area (Å²) in [6.45, 7) is 6.74. The van der Waals surface area contributed by atoms with Gasteiger partial charge in [-0.3, -0.25) is 4.79 Å². The van der Waals surface area contributed by atoms with Crippen molar-refractivity contribution in [2.75, 3.05) is 19.6 Å². The number of rotatable bonds is 8. The molecule has 0 aliphatic heterocycles. The lowest BCUT2D eigenvalue weighted by Crippen LogP contribution is -2.38. The Kier molecular flexibility index (Phi) is 6.84. The molecule has 6 heteroatoms. The van der Waals surface area contributed by atoms with Crippen LogP contribution >= 0.6 is 0 Å². The van der Waals surface area contributed by atoms with E-state index in [1.807, 2.05) is 6.92 Å². The Labute approximate surface area is 127 Å². The largest absolute Gasteiger partial charge is 0.342 e. The van der Waals surface area contributed by atoms with E-state index in [2.05, 4.69) is 11.6 Å². The first-order valence-corrected chi connectivity index (χ1v) is 8.67. The molecular formula is C15H24N2O3S. The van der Waals surface area contributed by atoms with Crippen LogP contribution in [-0.4, -0.2) is 38.9 Å². The van der Waals surface area contributed by atoms with Crippen LogP contribution in [0.2, 0.25) is 0 Å². The van der Waals surface area contributed by atoms with Crippen molar-refractivity contribution >= 4 is 15.9 Å². The Hall–Kier alpha value is -1.40. The quantitative estimate of drug-likeness (QED) is 0.797. The number of nitrogens with zero attached hydrogens (tertiary/aromatic N) is 1. The van der Waals surface area contributed by atoms with Gasteiger partial charge in [0.1, 0.15) is 0 Å². The number of hydrogen-bond donors (Lipinski definition) is 1. The molecule has 0 aromatic heterocycles. The number of aryl methyl sites for hydroxylation is 1. The van der Waals surface area contributed by atoms with Crippen LogP contribution < -0.4 is 4.72 Å². The first-order valence-electron chi connectivity index (χ1n) is 7.18. The van der Waals surface area contributed by atoms with E-state index in [1.165, 1.54) is 6.92 Å². The van der Waals surface area contributed by atoms with E-state index in [1.54, 1.807) is 29.2 Å². The molecule has 0 saturated carbocycles. The van der Waals surface area contributed by atoms with E-state index in [0.717, 1.165) is 18.4 Å². The van der Waals surface area contributed by atoms with Crippen LogP contribution in [0.15, 0.2) is 29.2 Å². The van der Waals surface area contributed by atoms with Gasteiger partial charge in [-0.15, -0.1) is 0 Å². The molecule has 0 aliphatic carbocycles. The predicted molar refractivity (Wildman–Crippen MR) is 83.5 cm³/mol. The van der Waals surface area contributed by atoms with Gasteiger partial charge in [0.15, 0.2) is 0 Å². The van der Waals surface area contributed by atoms with Gasteiger partial charge in [-0.05, 0) is 25.5 Å². The van der Waals surface area contributed by atoms with Crippen molar-refractivity contribution in [3.05, 3.63) is 29.8 Å². The van der Waals surface area contributed by atoms with Crippen molar-refractivity contribution in [3.8, 4) is 0 Å². The fraction of sp³-hybridized carbons (Fsp3) is 0.533. The molecule has 0 bridgehead atoms. The van der Waals surface area contributed by atoms with Crippen LogP contribution in [-0.2, 0) is 14.8 Å². The summed E-state index contributed by atoms with van der Waals surface area (Å²) in [7, 11) is -3.51. The van der Waals surface area contributed by atoms with E-state index in [0.29, 0.717) is 13.1 Å². The number of nitrogens with one attached hydrogen (secondary N) is 1. The zero-order valence-corrected chi connectivity index (χ0v) is 13.7. The van der Waals surface area contributed by atoms with E-state index < -0.39 is 10.0 Å². The smallest absolute Gasteiger partial charge is 0.240 e. The van der Waals surface area contributed by atoms with Crippen molar-refractivity contribution in [1.29, 1.82) is 0 Å². The minimum Gasteiger partial charge on any atom is -0.342 e. The summed E-state index contributed by atoms with van der Waals surface area (Å²) >= 11 is 0. The average Bonchev–Trinajstić information content (AvgIpc) is 2.42. The first kappa shape index (κ1) is 17.7. The van der Waals surface area contributed by atoms with Gasteiger partial charge < -0.3 is 4.90 Å². The average molecular weight is 312 g/mol. The maximum Gasteiger partial charge on any atom is 0.240 e. The normalized spacial score (nSPS) is 11.4. The molecule has 1 aromatic carbocycles. The lowest BCUT2D eigenvalue weighted by molar-refractivity contribution is -0.128. The molecule has 118 valence electrons. The number of sulfonamides is 1. The molecule has 0 aliphatic rings. The van der Waals surface area contributed by atoms with Gasteiger partial charge in [0.25, 0.3) is 0 Å². The van der Waals surface area contributed by atoms with E-state index in [-0.39, 0.29) is 17.3 Å². The summed E-state index contributed by atoms with van der Waals surface area (Å²) < 4.78 is 26.7. The molecule has 0 fully saturated rings. The lowest BCUT2D eigenvalue weighted by Gasteiger charge is -2.20. The van der Waals surface area contributed by atoms with Crippen LogP contribution in [0.3, 0.4) is 0 Å². The summed E-state index contributed by atoms with van der Waals surface area (Å²) in [5.41, 5.74) is 1.01. The summed E-state index contributed by atoms with van der Waals surface area (Å²) in [6.07, 6.45) is 1.92. The van der Waals surface area contributed by atoms with Gasteiger partial charge in [-0.1, -0.05) is 31.0 Å². The second kappa shape index (κ2) is 8.14. The van der Waals surface area contributed by atoms with Crippen LogP contribution in [0.5, 0.6) is 0 Å². The predicted octanol–water partition coefficient (Wildman–Crippen LogP) is 1.92. The Morgan fingerprint density at radius 1 is 1.19 bits per heavy atom. The van der Waals surface area contributed by atoms with E-state index in [9.17, 15) is 13.2 Å². The third kappa shape index (κ3) is 5.85. The van der Waals surface area contributed by atoms with E-state index in [4.69, 9.17) is 0 Å². The maximum absolute atomic E-state index is 12.1. The monoisotopic (exact) mass is 312 g/mol. The van der Waals surface area contributed by atoms with E-state index >= 15 is 0 Å². The minimum absolute atomic E-state index is 0.0296. The molecule has 1 amide bonds. The highest BCUT2D eigenvalue weighted by Gasteiger charge is 2.14. The summed E-state index contributed by atoms with van der Waals surface area (Å²) in [5, 5.41) is 0. The van der Waals surface area contributed by atoms with Crippen LogP contribution in [0.4, 0.5) is 0 Å². The van der Waals surface area contributed by atoms with Crippen LogP contribution in [0.25, 0.3) is 0 Å². The molecule has 0 radical (unpaired) electrons. The number of amides is 1. The number of hydrogen-bond acceptors (Lipinski definition) is 3. The molecule has 0 saturated heterocycles. The summed E-state index contributed by atoms with van der Waals surface area (Å²) in [5.74, 6) is -0.0296. The van der Waals surface area contributed by atoms with Crippen LogP contribution in [0, 0.1) is 6.92 Å². The van der Waals surface area contributed by atoms with Crippen molar-refractivity contribution in [1.82, 2.24) is 9.62 Å².